The Hall–Kier alpha value is -2.83. The lowest BCUT2D eigenvalue weighted by Crippen LogP contribution is -2.51. The van der Waals surface area contributed by atoms with Gasteiger partial charge < -0.3 is 24.4 Å². The van der Waals surface area contributed by atoms with Crippen LogP contribution in [0.15, 0.2) is 27.4 Å². The van der Waals surface area contributed by atoms with Gasteiger partial charge in [-0.05, 0) is 44.9 Å². The summed E-state index contributed by atoms with van der Waals surface area (Å²) in [5.41, 5.74) is 1.31. The van der Waals surface area contributed by atoms with E-state index in [1.54, 1.807) is 25.1 Å². The van der Waals surface area contributed by atoms with Crippen LogP contribution >= 0.6 is 0 Å². The Morgan fingerprint density at radius 3 is 2.59 bits per heavy atom. The summed E-state index contributed by atoms with van der Waals surface area (Å²) in [4.78, 5) is 35.2. The summed E-state index contributed by atoms with van der Waals surface area (Å²) in [6.07, 6.45) is 0.852. The van der Waals surface area contributed by atoms with E-state index in [0.29, 0.717) is 29.7 Å². The van der Waals surface area contributed by atoms with E-state index in [1.165, 1.54) is 6.92 Å². The average Bonchev–Trinajstić information content (AvgIpc) is 2.62. The molecule has 0 spiro atoms. The molecule has 2 rings (SSSR count). The van der Waals surface area contributed by atoms with Crippen LogP contribution in [0, 0.1) is 13.8 Å². The predicted molar refractivity (Wildman–Crippen MR) is 98.5 cm³/mol. The van der Waals surface area contributed by atoms with Gasteiger partial charge in [-0.2, -0.15) is 0 Å². The van der Waals surface area contributed by atoms with Crippen LogP contribution in [0.2, 0.25) is 0 Å². The van der Waals surface area contributed by atoms with Crippen molar-refractivity contribution in [2.75, 3.05) is 0 Å². The van der Waals surface area contributed by atoms with E-state index in [1.807, 2.05) is 13.8 Å². The van der Waals surface area contributed by atoms with Crippen LogP contribution in [-0.2, 0) is 9.59 Å². The van der Waals surface area contributed by atoms with E-state index in [0.717, 1.165) is 17.4 Å². The number of amides is 1. The lowest BCUT2D eigenvalue weighted by atomic mass is 10.1. The molecule has 1 aromatic heterocycles. The molecule has 2 aromatic rings. The molecule has 7 nitrogen and oxygen atoms in total. The van der Waals surface area contributed by atoms with Gasteiger partial charge in [-0.3, -0.25) is 4.79 Å². The second kappa shape index (κ2) is 8.70. The maximum atomic E-state index is 12.2. The molecule has 27 heavy (non-hydrogen) atoms. The Labute approximate surface area is 157 Å². The number of hydrogen-bond acceptors (Lipinski definition) is 6. The molecule has 2 atom stereocenters. The van der Waals surface area contributed by atoms with Crippen molar-refractivity contribution in [3.05, 3.63) is 39.7 Å². The SMILES string of the molecule is CCCC[C@H](NC(=O)[C@H](C)Oc1ccc2c(C)c(C)c(=O)oc2c1)C(=O)[O-]. The third-order valence-electron chi connectivity index (χ3n) is 4.56. The molecule has 0 saturated heterocycles. The average molecular weight is 374 g/mol. The largest absolute Gasteiger partial charge is 0.548 e. The number of benzene rings is 1. The van der Waals surface area contributed by atoms with Crippen molar-refractivity contribution in [2.45, 2.75) is 59.1 Å². The molecule has 1 aromatic carbocycles. The summed E-state index contributed by atoms with van der Waals surface area (Å²) in [5.74, 6) is -1.53. The van der Waals surface area contributed by atoms with Crippen LogP contribution in [0.5, 0.6) is 5.75 Å². The minimum Gasteiger partial charge on any atom is -0.548 e. The van der Waals surface area contributed by atoms with Gasteiger partial charge in [0.2, 0.25) is 0 Å². The Balaban J connectivity index is 2.13. The van der Waals surface area contributed by atoms with Gasteiger partial charge in [0.25, 0.3) is 5.91 Å². The molecule has 0 aliphatic heterocycles. The van der Waals surface area contributed by atoms with E-state index in [9.17, 15) is 19.5 Å². The minimum atomic E-state index is -1.32. The quantitative estimate of drug-likeness (QED) is 0.703. The van der Waals surface area contributed by atoms with Gasteiger partial charge in [-0.25, -0.2) is 4.79 Å². The molecule has 0 aliphatic carbocycles. The zero-order chi connectivity index (χ0) is 20.1. The number of aliphatic carboxylic acids is 1. The summed E-state index contributed by atoms with van der Waals surface area (Å²) in [6, 6.07) is 3.92. The van der Waals surface area contributed by atoms with Crippen molar-refractivity contribution < 1.29 is 23.8 Å². The molecule has 1 amide bonds. The number of ether oxygens (including phenoxy) is 1. The number of hydrogen-bond donors (Lipinski definition) is 1. The number of carboxylic acid groups (broad SMARTS) is 1. The minimum absolute atomic E-state index is 0.303. The Bertz CT molecular complexity index is 901. The van der Waals surface area contributed by atoms with Crippen LogP contribution in [0.4, 0.5) is 0 Å². The standard InChI is InChI=1S/C20H25NO6/c1-5-6-7-16(19(23)24)21-18(22)13(4)26-14-8-9-15-11(2)12(3)20(25)27-17(15)10-14/h8-10,13,16H,5-7H2,1-4H3,(H,21,22)(H,23,24)/p-1/t13-,16-/m0/s1. The maximum absolute atomic E-state index is 12.2. The van der Waals surface area contributed by atoms with Crippen molar-refractivity contribution in [2.24, 2.45) is 0 Å². The molecule has 0 aliphatic rings. The summed E-state index contributed by atoms with van der Waals surface area (Å²) in [7, 11) is 0. The second-order valence-electron chi connectivity index (χ2n) is 6.58. The molecular formula is C20H24NO6-. The number of rotatable bonds is 8. The van der Waals surface area contributed by atoms with E-state index >= 15 is 0 Å². The first-order valence-electron chi connectivity index (χ1n) is 8.96. The molecule has 0 fully saturated rings. The lowest BCUT2D eigenvalue weighted by Gasteiger charge is -2.22. The third kappa shape index (κ3) is 4.87. The number of carbonyl (C=O) groups is 2. The molecule has 0 radical (unpaired) electrons. The zero-order valence-electron chi connectivity index (χ0n) is 16.0. The highest BCUT2D eigenvalue weighted by Crippen LogP contribution is 2.24. The summed E-state index contributed by atoms with van der Waals surface area (Å²) in [6.45, 7) is 6.98. The van der Waals surface area contributed by atoms with Crippen molar-refractivity contribution in [3.8, 4) is 5.75 Å². The summed E-state index contributed by atoms with van der Waals surface area (Å²) >= 11 is 0. The molecule has 146 valence electrons. The number of aryl methyl sites for hydroxylation is 1. The fraction of sp³-hybridized carbons (Fsp3) is 0.450. The second-order valence-corrected chi connectivity index (χ2v) is 6.58. The zero-order valence-corrected chi connectivity index (χ0v) is 16.0. The van der Waals surface area contributed by atoms with E-state index in [4.69, 9.17) is 9.15 Å². The first-order valence-corrected chi connectivity index (χ1v) is 8.96. The molecule has 1 N–H and O–H groups in total. The first-order chi connectivity index (χ1) is 12.7. The van der Waals surface area contributed by atoms with Crippen LogP contribution in [0.1, 0.15) is 44.2 Å². The van der Waals surface area contributed by atoms with Crippen molar-refractivity contribution in [1.29, 1.82) is 0 Å². The highest BCUT2D eigenvalue weighted by molar-refractivity contribution is 5.86. The lowest BCUT2D eigenvalue weighted by molar-refractivity contribution is -0.308. The third-order valence-corrected chi connectivity index (χ3v) is 4.56. The maximum Gasteiger partial charge on any atom is 0.339 e. The van der Waals surface area contributed by atoms with Crippen molar-refractivity contribution in [1.82, 2.24) is 5.32 Å². The smallest absolute Gasteiger partial charge is 0.339 e. The Morgan fingerprint density at radius 2 is 1.96 bits per heavy atom. The normalized spacial score (nSPS) is 13.2. The van der Waals surface area contributed by atoms with Gasteiger partial charge in [0, 0.05) is 17.0 Å². The first kappa shape index (κ1) is 20.5. The monoisotopic (exact) mass is 374 g/mol. The van der Waals surface area contributed by atoms with Gasteiger partial charge in [-0.15, -0.1) is 0 Å². The number of unbranched alkanes of at least 4 members (excludes halogenated alkanes) is 1. The number of fused-ring (bicyclic) bond motifs is 1. The predicted octanol–water partition coefficient (Wildman–Crippen LogP) is 1.60. The van der Waals surface area contributed by atoms with Gasteiger partial charge in [0.15, 0.2) is 6.10 Å². The topological polar surface area (TPSA) is 109 Å². The molecule has 0 unspecified atom stereocenters. The molecular weight excluding hydrogens is 350 g/mol. The van der Waals surface area contributed by atoms with Gasteiger partial charge in [-0.1, -0.05) is 19.8 Å². The van der Waals surface area contributed by atoms with Gasteiger partial charge in [0.05, 0.1) is 12.0 Å². The number of nitrogens with one attached hydrogen (secondary N) is 1. The Morgan fingerprint density at radius 1 is 1.26 bits per heavy atom. The molecule has 0 saturated carbocycles. The fourth-order valence-corrected chi connectivity index (χ4v) is 2.71. The van der Waals surface area contributed by atoms with Crippen LogP contribution < -0.4 is 20.8 Å². The fourth-order valence-electron chi connectivity index (χ4n) is 2.71. The van der Waals surface area contributed by atoms with Gasteiger partial charge >= 0.3 is 5.63 Å². The van der Waals surface area contributed by atoms with Gasteiger partial charge in [0.1, 0.15) is 11.3 Å². The van der Waals surface area contributed by atoms with Crippen molar-refractivity contribution >= 4 is 22.8 Å². The highest BCUT2D eigenvalue weighted by Gasteiger charge is 2.20. The van der Waals surface area contributed by atoms with Crippen molar-refractivity contribution in [3.63, 3.8) is 0 Å². The van der Waals surface area contributed by atoms with Crippen LogP contribution in [0.3, 0.4) is 0 Å². The molecule has 0 bridgehead atoms. The van der Waals surface area contributed by atoms with Crippen LogP contribution in [0.25, 0.3) is 11.0 Å². The van der Waals surface area contributed by atoms with E-state index in [-0.39, 0.29) is 0 Å². The molecule has 7 heteroatoms. The summed E-state index contributed by atoms with van der Waals surface area (Å²) in [5, 5.41) is 14.4. The number of carbonyl (C=O) groups excluding carboxylic acids is 2. The highest BCUT2D eigenvalue weighted by atomic mass is 16.5. The number of carboxylic acids is 1. The van der Waals surface area contributed by atoms with E-state index in [2.05, 4.69) is 5.32 Å². The van der Waals surface area contributed by atoms with E-state index < -0.39 is 29.6 Å². The van der Waals surface area contributed by atoms with Crippen LogP contribution in [-0.4, -0.2) is 24.0 Å². The summed E-state index contributed by atoms with van der Waals surface area (Å²) < 4.78 is 10.9. The Kier molecular flexibility index (Phi) is 6.60. The molecule has 1 heterocycles.